The molecule has 0 aromatic rings. The van der Waals surface area contributed by atoms with Crippen molar-refractivity contribution in [3.8, 4) is 0 Å². The molecule has 0 heterocycles. The largest absolute Gasteiger partial charge is 0.395 e. The summed E-state index contributed by atoms with van der Waals surface area (Å²) in [6, 6.07) is 0. The smallest absolute Gasteiger partial charge is 0.0616 e. The zero-order chi connectivity index (χ0) is 7.28. The summed E-state index contributed by atoms with van der Waals surface area (Å²) < 4.78 is 0. The minimum atomic E-state index is -0.326. The van der Waals surface area contributed by atoms with Crippen molar-refractivity contribution in [1.82, 2.24) is 0 Å². The van der Waals surface area contributed by atoms with E-state index in [0.717, 1.165) is 0 Å². The van der Waals surface area contributed by atoms with Gasteiger partial charge in [0.1, 0.15) is 0 Å². The molecule has 0 radical (unpaired) electrons. The standard InChI is InChI=1S/C5H7Cl3O/c6-2-4(7)1-5(8)3-9/h2,5,9H,1,3H2/b4-2+. The van der Waals surface area contributed by atoms with E-state index in [1.54, 1.807) is 0 Å². The molecule has 0 saturated heterocycles. The van der Waals surface area contributed by atoms with Crippen molar-refractivity contribution >= 4 is 34.8 Å². The first-order chi connectivity index (χ1) is 4.20. The Labute approximate surface area is 69.2 Å². The van der Waals surface area contributed by atoms with Gasteiger partial charge in [0.25, 0.3) is 0 Å². The van der Waals surface area contributed by atoms with Crippen molar-refractivity contribution in [2.75, 3.05) is 6.61 Å². The topological polar surface area (TPSA) is 20.2 Å². The van der Waals surface area contributed by atoms with E-state index >= 15 is 0 Å². The number of rotatable bonds is 3. The average Bonchev–Trinajstić information content (AvgIpc) is 1.87. The lowest BCUT2D eigenvalue weighted by Crippen LogP contribution is -2.03. The normalized spacial score (nSPS) is 15.8. The van der Waals surface area contributed by atoms with Crippen molar-refractivity contribution in [2.24, 2.45) is 0 Å². The summed E-state index contributed by atoms with van der Waals surface area (Å²) in [6.07, 6.45) is 0.420. The maximum absolute atomic E-state index is 8.42. The number of aliphatic hydroxyl groups excluding tert-OH is 1. The lowest BCUT2D eigenvalue weighted by Gasteiger charge is -2.01. The summed E-state index contributed by atoms with van der Waals surface area (Å²) in [4.78, 5) is 0. The van der Waals surface area contributed by atoms with Gasteiger partial charge in [0.2, 0.25) is 0 Å². The van der Waals surface area contributed by atoms with E-state index in [-0.39, 0.29) is 12.0 Å². The molecular weight excluding hydrogens is 182 g/mol. The van der Waals surface area contributed by atoms with Crippen molar-refractivity contribution in [1.29, 1.82) is 0 Å². The van der Waals surface area contributed by atoms with E-state index < -0.39 is 0 Å². The van der Waals surface area contributed by atoms with Crippen molar-refractivity contribution in [3.63, 3.8) is 0 Å². The number of aliphatic hydroxyl groups is 1. The Morgan fingerprint density at radius 1 is 1.67 bits per heavy atom. The summed E-state index contributed by atoms with van der Waals surface area (Å²) in [5.74, 6) is 0. The highest BCUT2D eigenvalue weighted by molar-refractivity contribution is 6.36. The number of hydrogen-bond donors (Lipinski definition) is 1. The first-order valence-electron chi connectivity index (χ1n) is 2.40. The van der Waals surface area contributed by atoms with E-state index in [1.165, 1.54) is 5.54 Å². The van der Waals surface area contributed by atoms with E-state index in [4.69, 9.17) is 39.9 Å². The Morgan fingerprint density at radius 3 is 2.56 bits per heavy atom. The van der Waals surface area contributed by atoms with E-state index in [0.29, 0.717) is 11.5 Å². The van der Waals surface area contributed by atoms with Crippen LogP contribution in [0.2, 0.25) is 0 Å². The maximum atomic E-state index is 8.42. The van der Waals surface area contributed by atoms with Crippen LogP contribution in [0.15, 0.2) is 10.6 Å². The van der Waals surface area contributed by atoms with Crippen LogP contribution in [-0.4, -0.2) is 17.1 Å². The first kappa shape index (κ1) is 9.57. The Hall–Kier alpha value is 0.570. The van der Waals surface area contributed by atoms with Crippen LogP contribution in [0.25, 0.3) is 0 Å². The third-order valence-corrected chi connectivity index (χ3v) is 1.66. The zero-order valence-electron chi connectivity index (χ0n) is 4.65. The average molecular weight is 189 g/mol. The molecule has 0 amide bonds. The molecule has 1 N–H and O–H groups in total. The fourth-order valence-corrected chi connectivity index (χ4v) is 0.841. The molecule has 0 bridgehead atoms. The molecule has 54 valence electrons. The van der Waals surface area contributed by atoms with Gasteiger partial charge in [-0.15, -0.1) is 11.6 Å². The molecule has 0 aliphatic carbocycles. The van der Waals surface area contributed by atoms with Gasteiger partial charge >= 0.3 is 0 Å². The van der Waals surface area contributed by atoms with Crippen LogP contribution in [-0.2, 0) is 0 Å². The molecule has 0 rings (SSSR count). The summed E-state index contributed by atoms with van der Waals surface area (Å²) in [5, 5.41) is 8.56. The zero-order valence-corrected chi connectivity index (χ0v) is 6.92. The lowest BCUT2D eigenvalue weighted by atomic mass is 10.3. The van der Waals surface area contributed by atoms with Gasteiger partial charge in [0, 0.05) is 17.0 Å². The molecule has 1 atom stereocenters. The molecule has 0 aromatic heterocycles. The molecule has 1 nitrogen and oxygen atoms in total. The second-order valence-electron chi connectivity index (χ2n) is 1.54. The molecule has 0 spiro atoms. The van der Waals surface area contributed by atoms with Crippen LogP contribution >= 0.6 is 34.8 Å². The highest BCUT2D eigenvalue weighted by Gasteiger charge is 2.03. The monoisotopic (exact) mass is 188 g/mol. The Bertz CT molecular complexity index is 102. The first-order valence-corrected chi connectivity index (χ1v) is 3.65. The third-order valence-electron chi connectivity index (χ3n) is 0.733. The molecule has 0 aliphatic rings. The van der Waals surface area contributed by atoms with Crippen molar-refractivity contribution < 1.29 is 5.11 Å². The number of allylic oxidation sites excluding steroid dienone is 1. The minimum absolute atomic E-state index is 0.0808. The number of alkyl halides is 1. The SMILES string of the molecule is OCC(Cl)C/C(Cl)=C\Cl. The van der Waals surface area contributed by atoms with Gasteiger partial charge in [-0.1, -0.05) is 23.2 Å². The second-order valence-corrected chi connectivity index (χ2v) is 2.86. The summed E-state index contributed by atoms with van der Waals surface area (Å²) in [7, 11) is 0. The van der Waals surface area contributed by atoms with Gasteiger partial charge in [0.15, 0.2) is 0 Å². The van der Waals surface area contributed by atoms with Crippen LogP contribution in [0.3, 0.4) is 0 Å². The van der Waals surface area contributed by atoms with Gasteiger partial charge in [-0.3, -0.25) is 0 Å². The predicted molar refractivity (Wildman–Crippen MR) is 41.1 cm³/mol. The van der Waals surface area contributed by atoms with Crippen LogP contribution < -0.4 is 0 Å². The Morgan fingerprint density at radius 2 is 2.22 bits per heavy atom. The molecule has 4 heteroatoms. The van der Waals surface area contributed by atoms with Gasteiger partial charge in [-0.25, -0.2) is 0 Å². The van der Waals surface area contributed by atoms with Crippen molar-refractivity contribution in [2.45, 2.75) is 11.8 Å². The Kier molecular flexibility index (Phi) is 5.70. The highest BCUT2D eigenvalue weighted by atomic mass is 35.5. The van der Waals surface area contributed by atoms with Gasteiger partial charge in [0.05, 0.1) is 12.0 Å². The number of hydrogen-bond acceptors (Lipinski definition) is 1. The minimum Gasteiger partial charge on any atom is -0.395 e. The van der Waals surface area contributed by atoms with Crippen LogP contribution in [0.4, 0.5) is 0 Å². The summed E-state index contributed by atoms with van der Waals surface area (Å²) in [5.41, 5.74) is 1.24. The van der Waals surface area contributed by atoms with Gasteiger partial charge in [-0.2, -0.15) is 0 Å². The molecule has 0 fully saturated rings. The quantitative estimate of drug-likeness (QED) is 0.676. The lowest BCUT2D eigenvalue weighted by molar-refractivity contribution is 0.292. The summed E-state index contributed by atoms with van der Waals surface area (Å²) in [6.45, 7) is -0.0808. The third kappa shape index (κ3) is 5.04. The Balaban J connectivity index is 3.47. The maximum Gasteiger partial charge on any atom is 0.0616 e. The molecule has 9 heavy (non-hydrogen) atoms. The molecule has 0 saturated carbocycles. The summed E-state index contributed by atoms with van der Waals surface area (Å²) >= 11 is 16.2. The second kappa shape index (κ2) is 5.36. The van der Waals surface area contributed by atoms with E-state index in [2.05, 4.69) is 0 Å². The van der Waals surface area contributed by atoms with Crippen LogP contribution in [0.1, 0.15) is 6.42 Å². The molecule has 0 aliphatic heterocycles. The number of halogens is 3. The van der Waals surface area contributed by atoms with Gasteiger partial charge < -0.3 is 5.11 Å². The molecular formula is C5H7Cl3O. The fraction of sp³-hybridized carbons (Fsp3) is 0.600. The predicted octanol–water partition coefficient (Wildman–Crippen LogP) is 2.30. The van der Waals surface area contributed by atoms with Gasteiger partial charge in [-0.05, 0) is 0 Å². The van der Waals surface area contributed by atoms with Crippen molar-refractivity contribution in [3.05, 3.63) is 10.6 Å². The van der Waals surface area contributed by atoms with E-state index in [1.807, 2.05) is 0 Å². The molecule has 0 aromatic carbocycles. The van der Waals surface area contributed by atoms with Crippen LogP contribution in [0, 0.1) is 0 Å². The van der Waals surface area contributed by atoms with E-state index in [9.17, 15) is 0 Å². The highest BCUT2D eigenvalue weighted by Crippen LogP contribution is 2.14. The fourth-order valence-electron chi connectivity index (χ4n) is 0.321. The van der Waals surface area contributed by atoms with Crippen LogP contribution in [0.5, 0.6) is 0 Å². The molecule has 1 unspecified atom stereocenters.